The van der Waals surface area contributed by atoms with E-state index in [1.807, 2.05) is 49.4 Å². The molecule has 178 valence electrons. The van der Waals surface area contributed by atoms with Crippen LogP contribution in [0.5, 0.6) is 5.75 Å². The number of anilines is 1. The summed E-state index contributed by atoms with van der Waals surface area (Å²) in [6, 6.07) is 13.7. The molecule has 0 unspecified atom stereocenters. The molecule has 0 atom stereocenters. The zero-order valence-electron chi connectivity index (χ0n) is 18.5. The SMILES string of the molecule is CCOc1c(Br)cc(/C=C2/SC(=O)N(CC(=O)N3CCN(c4ccccc4)CC3)C2=O)cc1Br. The van der Waals surface area contributed by atoms with E-state index in [-0.39, 0.29) is 17.4 Å². The van der Waals surface area contributed by atoms with E-state index < -0.39 is 11.1 Å². The number of hydrogen-bond acceptors (Lipinski definition) is 6. The van der Waals surface area contributed by atoms with E-state index in [2.05, 4.69) is 36.8 Å². The maximum absolute atomic E-state index is 12.9. The zero-order chi connectivity index (χ0) is 24.2. The molecule has 2 saturated heterocycles. The summed E-state index contributed by atoms with van der Waals surface area (Å²) in [6.45, 7) is 4.68. The highest BCUT2D eigenvalue weighted by atomic mass is 79.9. The van der Waals surface area contributed by atoms with Crippen molar-refractivity contribution < 1.29 is 19.1 Å². The van der Waals surface area contributed by atoms with Gasteiger partial charge >= 0.3 is 0 Å². The Balaban J connectivity index is 1.39. The van der Waals surface area contributed by atoms with E-state index in [0.717, 1.165) is 36.9 Å². The number of benzene rings is 2. The highest BCUT2D eigenvalue weighted by Crippen LogP contribution is 2.37. The van der Waals surface area contributed by atoms with Crippen molar-refractivity contribution in [3.63, 3.8) is 0 Å². The molecule has 2 heterocycles. The molecule has 0 aliphatic carbocycles. The van der Waals surface area contributed by atoms with Crippen LogP contribution < -0.4 is 9.64 Å². The summed E-state index contributed by atoms with van der Waals surface area (Å²) in [4.78, 5) is 43.5. The molecular formula is C24H23Br2N3O4S. The van der Waals surface area contributed by atoms with Gasteiger partial charge in [0.15, 0.2) is 0 Å². The topological polar surface area (TPSA) is 70.2 Å². The van der Waals surface area contributed by atoms with Crippen LogP contribution in [0.25, 0.3) is 6.08 Å². The van der Waals surface area contributed by atoms with E-state index in [0.29, 0.717) is 38.5 Å². The molecule has 2 aromatic carbocycles. The number of rotatable bonds is 6. The molecule has 7 nitrogen and oxygen atoms in total. The molecule has 2 fully saturated rings. The Labute approximate surface area is 219 Å². The van der Waals surface area contributed by atoms with Crippen LogP contribution in [0.2, 0.25) is 0 Å². The number of para-hydroxylation sites is 1. The summed E-state index contributed by atoms with van der Waals surface area (Å²) in [5, 5.41) is -0.434. The van der Waals surface area contributed by atoms with Crippen LogP contribution >= 0.6 is 43.6 Å². The lowest BCUT2D eigenvalue weighted by molar-refractivity contribution is -0.136. The van der Waals surface area contributed by atoms with Gasteiger partial charge in [-0.05, 0) is 86.5 Å². The van der Waals surface area contributed by atoms with Crippen molar-refractivity contribution in [1.29, 1.82) is 0 Å². The fraction of sp³-hybridized carbons (Fsp3) is 0.292. The fourth-order valence-electron chi connectivity index (χ4n) is 3.82. The summed E-state index contributed by atoms with van der Waals surface area (Å²) in [5.41, 5.74) is 1.86. The van der Waals surface area contributed by atoms with Gasteiger partial charge in [-0.3, -0.25) is 19.3 Å². The number of thioether (sulfide) groups is 1. The quantitative estimate of drug-likeness (QED) is 0.430. The lowest BCUT2D eigenvalue weighted by Gasteiger charge is -2.36. The maximum Gasteiger partial charge on any atom is 0.294 e. The van der Waals surface area contributed by atoms with Crippen molar-refractivity contribution in [2.75, 3.05) is 44.2 Å². The van der Waals surface area contributed by atoms with E-state index in [1.165, 1.54) is 0 Å². The lowest BCUT2D eigenvalue weighted by atomic mass is 10.2. The number of carbonyl (C=O) groups is 3. The van der Waals surface area contributed by atoms with E-state index in [1.54, 1.807) is 11.0 Å². The van der Waals surface area contributed by atoms with Crippen LogP contribution in [0, 0.1) is 0 Å². The van der Waals surface area contributed by atoms with Crippen molar-refractivity contribution in [1.82, 2.24) is 9.80 Å². The van der Waals surface area contributed by atoms with Gasteiger partial charge in [0.1, 0.15) is 12.3 Å². The first-order valence-corrected chi connectivity index (χ1v) is 13.2. The number of ether oxygens (including phenoxy) is 1. The largest absolute Gasteiger partial charge is 0.492 e. The van der Waals surface area contributed by atoms with E-state index >= 15 is 0 Å². The van der Waals surface area contributed by atoms with Crippen molar-refractivity contribution in [2.45, 2.75) is 6.92 Å². The molecule has 4 rings (SSSR count). The monoisotopic (exact) mass is 607 g/mol. The second kappa shape index (κ2) is 11.0. The Kier molecular flexibility index (Phi) is 8.00. The fourth-order valence-corrected chi connectivity index (χ4v) is 6.11. The van der Waals surface area contributed by atoms with Gasteiger partial charge in [0.05, 0.1) is 20.5 Å². The van der Waals surface area contributed by atoms with Gasteiger partial charge in [0, 0.05) is 31.9 Å². The van der Waals surface area contributed by atoms with Crippen molar-refractivity contribution in [2.24, 2.45) is 0 Å². The molecule has 3 amide bonds. The van der Waals surface area contributed by atoms with E-state index in [9.17, 15) is 14.4 Å². The highest BCUT2D eigenvalue weighted by Gasteiger charge is 2.37. The third-order valence-corrected chi connectivity index (χ3v) is 7.61. The third kappa shape index (κ3) is 5.50. The van der Waals surface area contributed by atoms with Gasteiger partial charge in [-0.15, -0.1) is 0 Å². The summed E-state index contributed by atoms with van der Waals surface area (Å²) in [5.74, 6) is 0.000863. The Morgan fingerprint density at radius 2 is 1.71 bits per heavy atom. The number of hydrogen-bond donors (Lipinski definition) is 0. The first-order chi connectivity index (χ1) is 16.4. The summed E-state index contributed by atoms with van der Waals surface area (Å²) in [6.07, 6.45) is 1.65. The third-order valence-electron chi connectivity index (χ3n) is 5.53. The molecule has 34 heavy (non-hydrogen) atoms. The maximum atomic E-state index is 12.9. The summed E-state index contributed by atoms with van der Waals surface area (Å²) < 4.78 is 7.06. The first-order valence-electron chi connectivity index (χ1n) is 10.8. The summed E-state index contributed by atoms with van der Waals surface area (Å²) in [7, 11) is 0. The average Bonchev–Trinajstić information content (AvgIpc) is 3.09. The predicted octanol–water partition coefficient (Wildman–Crippen LogP) is 5.00. The molecular weight excluding hydrogens is 586 g/mol. The molecule has 0 aromatic heterocycles. The summed E-state index contributed by atoms with van der Waals surface area (Å²) >= 11 is 7.80. The Morgan fingerprint density at radius 1 is 1.06 bits per heavy atom. The smallest absolute Gasteiger partial charge is 0.294 e. The molecule has 0 saturated carbocycles. The van der Waals surface area contributed by atoms with Crippen molar-refractivity contribution >= 4 is 72.4 Å². The minimum absolute atomic E-state index is 0.220. The normalized spacial score (nSPS) is 17.6. The van der Waals surface area contributed by atoms with Gasteiger partial charge in [-0.1, -0.05) is 18.2 Å². The van der Waals surface area contributed by atoms with Gasteiger partial charge in [-0.25, -0.2) is 0 Å². The van der Waals surface area contributed by atoms with E-state index in [4.69, 9.17) is 4.74 Å². The van der Waals surface area contributed by atoms with Gasteiger partial charge < -0.3 is 14.5 Å². The number of nitrogens with zero attached hydrogens (tertiary/aromatic N) is 3. The first kappa shape index (κ1) is 24.8. The van der Waals surface area contributed by atoms with Crippen LogP contribution in [-0.4, -0.2) is 66.2 Å². The predicted molar refractivity (Wildman–Crippen MR) is 141 cm³/mol. The number of carbonyl (C=O) groups excluding carboxylic acids is 3. The van der Waals surface area contributed by atoms with Gasteiger partial charge in [-0.2, -0.15) is 0 Å². The average molecular weight is 609 g/mol. The van der Waals surface area contributed by atoms with Gasteiger partial charge in [0.25, 0.3) is 11.1 Å². The second-order valence-electron chi connectivity index (χ2n) is 7.72. The lowest BCUT2D eigenvalue weighted by Crippen LogP contribution is -2.51. The molecule has 0 N–H and O–H groups in total. The Morgan fingerprint density at radius 3 is 2.32 bits per heavy atom. The number of halogens is 2. The number of imide groups is 1. The molecule has 10 heteroatoms. The molecule has 2 aliphatic heterocycles. The molecule has 0 spiro atoms. The second-order valence-corrected chi connectivity index (χ2v) is 10.4. The van der Waals surface area contributed by atoms with Crippen LogP contribution in [0.1, 0.15) is 12.5 Å². The minimum atomic E-state index is -0.451. The Hall–Kier alpha value is -2.30. The Bertz CT molecular complexity index is 1110. The standard InChI is InChI=1S/C24H23Br2N3O4S/c1-2-33-22-18(25)12-16(13-19(22)26)14-20-23(31)29(24(32)34-20)15-21(30)28-10-8-27(9-11-28)17-6-4-3-5-7-17/h3-7,12-14H,2,8-11,15H2,1H3/b20-14+. The molecule has 2 aliphatic rings. The van der Waals surface area contributed by atoms with Crippen LogP contribution in [0.15, 0.2) is 56.3 Å². The number of piperazine rings is 1. The van der Waals surface area contributed by atoms with Crippen LogP contribution in [0.3, 0.4) is 0 Å². The minimum Gasteiger partial charge on any atom is -0.492 e. The molecule has 0 bridgehead atoms. The highest BCUT2D eigenvalue weighted by molar-refractivity contribution is 9.11. The van der Waals surface area contributed by atoms with Crippen molar-refractivity contribution in [3.05, 3.63) is 61.9 Å². The molecule has 0 radical (unpaired) electrons. The van der Waals surface area contributed by atoms with Crippen molar-refractivity contribution in [3.8, 4) is 5.75 Å². The van der Waals surface area contributed by atoms with Crippen LogP contribution in [0.4, 0.5) is 10.5 Å². The zero-order valence-corrected chi connectivity index (χ0v) is 22.5. The van der Waals surface area contributed by atoms with Crippen LogP contribution in [-0.2, 0) is 9.59 Å². The van der Waals surface area contributed by atoms with Gasteiger partial charge in [0.2, 0.25) is 5.91 Å². The molecule has 2 aromatic rings. The number of amides is 3.